The second-order valence-electron chi connectivity index (χ2n) is 3.12. The fourth-order valence-corrected chi connectivity index (χ4v) is 1.35. The monoisotopic (exact) mass is 224 g/mol. The van der Waals surface area contributed by atoms with E-state index in [1.54, 1.807) is 7.11 Å². The molecule has 0 aliphatic rings. The number of anilines is 1. The molecule has 0 saturated heterocycles. The number of nitrogens with one attached hydrogen (secondary N) is 1. The summed E-state index contributed by atoms with van der Waals surface area (Å²) in [6, 6.07) is 10.0. The van der Waals surface area contributed by atoms with E-state index in [9.17, 15) is 0 Å². The first-order chi connectivity index (χ1) is 7.25. The highest BCUT2D eigenvalue weighted by Gasteiger charge is 2.04. The lowest BCUT2D eigenvalue weighted by Crippen LogP contribution is -2.38. The van der Waals surface area contributed by atoms with E-state index in [1.807, 2.05) is 42.3 Å². The lowest BCUT2D eigenvalue weighted by atomic mass is 10.3. The molecule has 3 nitrogen and oxygen atoms in total. The van der Waals surface area contributed by atoms with Crippen molar-refractivity contribution in [2.45, 2.75) is 0 Å². The Morgan fingerprint density at radius 3 is 2.67 bits per heavy atom. The lowest BCUT2D eigenvalue weighted by molar-refractivity contribution is 0.204. The molecule has 15 heavy (non-hydrogen) atoms. The van der Waals surface area contributed by atoms with Crippen molar-refractivity contribution in [2.75, 3.05) is 32.2 Å². The molecule has 1 aromatic carbocycles. The summed E-state index contributed by atoms with van der Waals surface area (Å²) in [7, 11) is 3.61. The third kappa shape index (κ3) is 3.85. The predicted octanol–water partition coefficient (Wildman–Crippen LogP) is 1.64. The van der Waals surface area contributed by atoms with Crippen LogP contribution in [-0.2, 0) is 4.74 Å². The fraction of sp³-hybridized carbons (Fsp3) is 0.364. The third-order valence-electron chi connectivity index (χ3n) is 2.03. The molecule has 0 unspecified atom stereocenters. The number of para-hydroxylation sites is 1. The average Bonchev–Trinajstić information content (AvgIpc) is 2.29. The van der Waals surface area contributed by atoms with Gasteiger partial charge in [0, 0.05) is 26.4 Å². The van der Waals surface area contributed by atoms with Crippen molar-refractivity contribution in [1.29, 1.82) is 0 Å². The van der Waals surface area contributed by atoms with Crippen molar-refractivity contribution in [3.63, 3.8) is 0 Å². The van der Waals surface area contributed by atoms with Gasteiger partial charge in [0.25, 0.3) is 0 Å². The van der Waals surface area contributed by atoms with Crippen LogP contribution in [0.4, 0.5) is 5.69 Å². The summed E-state index contributed by atoms with van der Waals surface area (Å²) < 4.78 is 4.94. The standard InChI is InChI=1S/C11H16N2OS/c1-13(10-6-4-3-5-7-10)11(15)12-8-9-14-2/h3-7H,8-9H2,1-2H3,(H,12,15). The van der Waals surface area contributed by atoms with Gasteiger partial charge in [-0.05, 0) is 24.4 Å². The van der Waals surface area contributed by atoms with E-state index in [0.717, 1.165) is 12.2 Å². The summed E-state index contributed by atoms with van der Waals surface area (Å²) in [4.78, 5) is 1.94. The second-order valence-corrected chi connectivity index (χ2v) is 3.51. The molecule has 0 fully saturated rings. The molecule has 0 saturated carbocycles. The Bertz CT molecular complexity index is 303. The van der Waals surface area contributed by atoms with Gasteiger partial charge < -0.3 is 15.0 Å². The second kappa shape index (κ2) is 6.37. The highest BCUT2D eigenvalue weighted by molar-refractivity contribution is 7.80. The SMILES string of the molecule is COCCNC(=S)N(C)c1ccccc1. The van der Waals surface area contributed by atoms with Crippen LogP contribution in [0, 0.1) is 0 Å². The van der Waals surface area contributed by atoms with Crippen molar-refractivity contribution >= 4 is 23.0 Å². The normalized spacial score (nSPS) is 9.73. The van der Waals surface area contributed by atoms with Crippen molar-refractivity contribution in [1.82, 2.24) is 5.32 Å². The number of hydrogen-bond acceptors (Lipinski definition) is 2. The van der Waals surface area contributed by atoms with Crippen molar-refractivity contribution in [2.24, 2.45) is 0 Å². The van der Waals surface area contributed by atoms with Gasteiger partial charge in [-0.15, -0.1) is 0 Å². The van der Waals surface area contributed by atoms with E-state index in [2.05, 4.69) is 5.32 Å². The minimum absolute atomic E-state index is 0.656. The minimum atomic E-state index is 0.656. The van der Waals surface area contributed by atoms with Crippen molar-refractivity contribution in [3.8, 4) is 0 Å². The first-order valence-corrected chi connectivity index (χ1v) is 5.22. The average molecular weight is 224 g/mol. The molecule has 0 spiro atoms. The highest BCUT2D eigenvalue weighted by atomic mass is 32.1. The minimum Gasteiger partial charge on any atom is -0.383 e. The Kier molecular flexibility index (Phi) is 5.07. The van der Waals surface area contributed by atoms with Crippen LogP contribution in [0.15, 0.2) is 30.3 Å². The molecule has 4 heteroatoms. The first kappa shape index (κ1) is 11.9. The molecule has 0 aromatic heterocycles. The number of nitrogens with zero attached hydrogens (tertiary/aromatic N) is 1. The van der Waals surface area contributed by atoms with E-state index < -0.39 is 0 Å². The summed E-state index contributed by atoms with van der Waals surface area (Å²) >= 11 is 5.23. The van der Waals surface area contributed by atoms with Gasteiger partial charge in [-0.3, -0.25) is 0 Å². The van der Waals surface area contributed by atoms with E-state index in [0.29, 0.717) is 11.7 Å². The van der Waals surface area contributed by atoms with Crippen LogP contribution in [0.1, 0.15) is 0 Å². The van der Waals surface area contributed by atoms with Gasteiger partial charge in [-0.2, -0.15) is 0 Å². The first-order valence-electron chi connectivity index (χ1n) is 4.81. The number of benzene rings is 1. The van der Waals surface area contributed by atoms with Crippen LogP contribution in [0.3, 0.4) is 0 Å². The number of hydrogen-bond donors (Lipinski definition) is 1. The number of methoxy groups -OCH3 is 1. The third-order valence-corrected chi connectivity index (χ3v) is 2.45. The number of thiocarbonyl (C=S) groups is 1. The highest BCUT2D eigenvalue weighted by Crippen LogP contribution is 2.10. The van der Waals surface area contributed by atoms with Gasteiger partial charge in [-0.25, -0.2) is 0 Å². The van der Waals surface area contributed by atoms with Crippen LogP contribution in [0.2, 0.25) is 0 Å². The summed E-state index contributed by atoms with van der Waals surface area (Å²) in [5.74, 6) is 0. The molecule has 0 radical (unpaired) electrons. The molecule has 82 valence electrons. The smallest absolute Gasteiger partial charge is 0.173 e. The quantitative estimate of drug-likeness (QED) is 0.621. The molecular formula is C11H16N2OS. The van der Waals surface area contributed by atoms with E-state index in [4.69, 9.17) is 17.0 Å². The van der Waals surface area contributed by atoms with Crippen LogP contribution >= 0.6 is 12.2 Å². The molecule has 1 N–H and O–H groups in total. The Morgan fingerprint density at radius 2 is 2.07 bits per heavy atom. The van der Waals surface area contributed by atoms with E-state index in [-0.39, 0.29) is 0 Å². The summed E-state index contributed by atoms with van der Waals surface area (Å²) in [5, 5.41) is 3.82. The Balaban J connectivity index is 2.46. The molecule has 0 amide bonds. The zero-order valence-electron chi connectivity index (χ0n) is 9.06. The summed E-state index contributed by atoms with van der Waals surface area (Å²) in [6.45, 7) is 1.38. The van der Waals surface area contributed by atoms with E-state index in [1.165, 1.54) is 0 Å². The lowest BCUT2D eigenvalue weighted by Gasteiger charge is -2.20. The molecule has 0 heterocycles. The molecule has 0 atom stereocenters. The summed E-state index contributed by atoms with van der Waals surface area (Å²) in [6.07, 6.45) is 0. The largest absolute Gasteiger partial charge is 0.383 e. The maximum absolute atomic E-state index is 5.23. The van der Waals surface area contributed by atoms with Crippen LogP contribution in [-0.4, -0.2) is 32.4 Å². The van der Waals surface area contributed by atoms with Crippen LogP contribution in [0.5, 0.6) is 0 Å². The Hall–Kier alpha value is -1.13. The fourth-order valence-electron chi connectivity index (χ4n) is 1.15. The predicted molar refractivity (Wildman–Crippen MR) is 67.3 cm³/mol. The summed E-state index contributed by atoms with van der Waals surface area (Å²) in [5.41, 5.74) is 1.08. The van der Waals surface area contributed by atoms with Crippen LogP contribution in [0.25, 0.3) is 0 Å². The molecule has 1 aromatic rings. The molecule has 0 aliphatic carbocycles. The topological polar surface area (TPSA) is 24.5 Å². The van der Waals surface area contributed by atoms with Gasteiger partial charge >= 0.3 is 0 Å². The van der Waals surface area contributed by atoms with Crippen molar-refractivity contribution in [3.05, 3.63) is 30.3 Å². The van der Waals surface area contributed by atoms with Crippen LogP contribution < -0.4 is 10.2 Å². The maximum Gasteiger partial charge on any atom is 0.173 e. The molecule has 0 aliphatic heterocycles. The molecule has 1 rings (SSSR count). The molecular weight excluding hydrogens is 208 g/mol. The number of ether oxygens (including phenoxy) is 1. The van der Waals surface area contributed by atoms with Gasteiger partial charge in [0.1, 0.15) is 0 Å². The zero-order valence-corrected chi connectivity index (χ0v) is 9.88. The van der Waals surface area contributed by atoms with Gasteiger partial charge in [0.15, 0.2) is 5.11 Å². The van der Waals surface area contributed by atoms with Gasteiger partial charge in [0.2, 0.25) is 0 Å². The maximum atomic E-state index is 5.23. The van der Waals surface area contributed by atoms with Gasteiger partial charge in [0.05, 0.1) is 6.61 Å². The number of rotatable bonds is 4. The molecule has 0 bridgehead atoms. The van der Waals surface area contributed by atoms with E-state index >= 15 is 0 Å². The Morgan fingerprint density at radius 1 is 1.40 bits per heavy atom. The zero-order chi connectivity index (χ0) is 11.1. The Labute approximate surface area is 96.0 Å². The van der Waals surface area contributed by atoms with Gasteiger partial charge in [-0.1, -0.05) is 18.2 Å². The van der Waals surface area contributed by atoms with Crippen molar-refractivity contribution < 1.29 is 4.74 Å².